The highest BCUT2D eigenvalue weighted by Crippen LogP contribution is 2.29. The molecule has 0 N–H and O–H groups in total. The number of aryl methyl sites for hydroxylation is 1. The number of anilines is 1. The number of nitro groups is 1. The van der Waals surface area contributed by atoms with Gasteiger partial charge in [-0.25, -0.2) is 14.7 Å². The van der Waals surface area contributed by atoms with E-state index in [4.69, 9.17) is 4.74 Å². The lowest BCUT2D eigenvalue weighted by molar-refractivity contribution is -0.384. The normalized spacial score (nSPS) is 11.4. The van der Waals surface area contributed by atoms with Gasteiger partial charge in [-0.1, -0.05) is 18.2 Å². The van der Waals surface area contributed by atoms with Gasteiger partial charge in [0.05, 0.1) is 16.0 Å². The molecule has 3 aromatic rings. The summed E-state index contributed by atoms with van der Waals surface area (Å²) in [5.74, 6) is 0.769. The van der Waals surface area contributed by atoms with Crippen molar-refractivity contribution in [3.05, 3.63) is 58.6 Å². The van der Waals surface area contributed by atoms with E-state index in [1.165, 1.54) is 17.0 Å². The summed E-state index contributed by atoms with van der Waals surface area (Å²) in [6, 6.07) is 13.2. The largest absolute Gasteiger partial charge is 0.422 e. The van der Waals surface area contributed by atoms with E-state index in [-0.39, 0.29) is 5.69 Å². The van der Waals surface area contributed by atoms with Crippen molar-refractivity contribution < 1.29 is 14.5 Å². The van der Waals surface area contributed by atoms with Crippen LogP contribution in [0, 0.1) is 10.1 Å². The number of carbonyl (C=O) groups is 1. The number of hydrogen-bond donors (Lipinski definition) is 0. The topological polar surface area (TPSA) is 90.5 Å². The Morgan fingerprint density at radius 3 is 2.44 bits per heavy atom. The molecule has 0 aliphatic rings. The van der Waals surface area contributed by atoms with Crippen molar-refractivity contribution in [2.75, 3.05) is 4.90 Å². The van der Waals surface area contributed by atoms with Gasteiger partial charge in [0.25, 0.3) is 5.69 Å². The van der Waals surface area contributed by atoms with Crippen molar-refractivity contribution in [3.63, 3.8) is 0 Å². The minimum atomic E-state index is -0.632. The predicted molar refractivity (Wildman–Crippen MR) is 102 cm³/mol. The molecule has 0 bridgehead atoms. The lowest BCUT2D eigenvalue weighted by atomic mass is 10.1. The van der Waals surface area contributed by atoms with E-state index in [1.807, 2.05) is 26.8 Å². The lowest BCUT2D eigenvalue weighted by Crippen LogP contribution is -2.48. The number of ether oxygens (including phenoxy) is 1. The van der Waals surface area contributed by atoms with Gasteiger partial charge >= 0.3 is 6.09 Å². The average Bonchev–Trinajstić information content (AvgIpc) is 2.90. The molecule has 0 unspecified atom stereocenters. The number of carbonyl (C=O) groups excluding carboxylic acids is 1. The third kappa shape index (κ3) is 3.59. The second-order valence-electron chi connectivity index (χ2n) is 7.09. The Morgan fingerprint density at radius 2 is 1.85 bits per heavy atom. The maximum Gasteiger partial charge on any atom is 0.422 e. The zero-order valence-electron chi connectivity index (χ0n) is 15.5. The molecular weight excluding hydrogens is 348 g/mol. The van der Waals surface area contributed by atoms with Crippen molar-refractivity contribution in [1.29, 1.82) is 0 Å². The molecule has 0 fully saturated rings. The summed E-state index contributed by atoms with van der Waals surface area (Å²) in [7, 11) is 1.75. The molecule has 1 heterocycles. The van der Waals surface area contributed by atoms with E-state index in [0.29, 0.717) is 22.7 Å². The van der Waals surface area contributed by atoms with Crippen LogP contribution in [0.5, 0.6) is 5.75 Å². The number of aromatic nitrogens is 2. The molecule has 0 spiro atoms. The number of para-hydroxylation sites is 1. The van der Waals surface area contributed by atoms with E-state index < -0.39 is 16.6 Å². The second kappa shape index (κ2) is 6.71. The van der Waals surface area contributed by atoms with Gasteiger partial charge in [0.1, 0.15) is 5.75 Å². The number of nitro benzene ring substituents is 1. The molecule has 27 heavy (non-hydrogen) atoms. The van der Waals surface area contributed by atoms with Crippen LogP contribution >= 0.6 is 0 Å². The quantitative estimate of drug-likeness (QED) is 0.508. The Kier molecular flexibility index (Phi) is 4.57. The third-order valence-corrected chi connectivity index (χ3v) is 4.05. The number of hydrogen-bond acceptors (Lipinski definition) is 5. The van der Waals surface area contributed by atoms with E-state index in [9.17, 15) is 14.9 Å². The molecule has 0 aliphatic carbocycles. The summed E-state index contributed by atoms with van der Waals surface area (Å²) < 4.78 is 7.21. The fourth-order valence-corrected chi connectivity index (χ4v) is 2.78. The smallest absolute Gasteiger partial charge is 0.410 e. The van der Waals surface area contributed by atoms with E-state index in [0.717, 1.165) is 0 Å². The first-order valence-corrected chi connectivity index (χ1v) is 8.36. The standard InChI is InChI=1S/C19H20N4O4/c1-19(2,3)22(18(24)27-14-8-6-5-7-9-14)17-20-15-12-13(23(25)26)10-11-16(15)21(17)4/h5-12H,1-4H3. The number of rotatable bonds is 3. The van der Waals surface area contributed by atoms with Crippen LogP contribution in [0.2, 0.25) is 0 Å². The summed E-state index contributed by atoms with van der Waals surface area (Å²) in [5.41, 5.74) is 0.426. The van der Waals surface area contributed by atoms with Crippen LogP contribution in [0.1, 0.15) is 20.8 Å². The summed E-state index contributed by atoms with van der Waals surface area (Å²) in [4.78, 5) is 29.4. The number of imidazole rings is 1. The van der Waals surface area contributed by atoms with Gasteiger partial charge in [0.2, 0.25) is 5.95 Å². The van der Waals surface area contributed by atoms with Crippen LogP contribution in [-0.4, -0.2) is 26.1 Å². The zero-order valence-corrected chi connectivity index (χ0v) is 15.5. The molecule has 0 saturated heterocycles. The molecule has 3 rings (SSSR count). The SMILES string of the molecule is Cn1c(N(C(=O)Oc2ccccc2)C(C)(C)C)nc2cc([N+](=O)[O-])ccc21. The Hall–Kier alpha value is -3.42. The highest BCUT2D eigenvalue weighted by molar-refractivity contribution is 5.92. The second-order valence-corrected chi connectivity index (χ2v) is 7.09. The summed E-state index contributed by atoms with van der Waals surface area (Å²) in [6.07, 6.45) is -0.582. The monoisotopic (exact) mass is 368 g/mol. The maximum absolute atomic E-state index is 12.9. The summed E-state index contributed by atoms with van der Waals surface area (Å²) in [6.45, 7) is 5.59. The van der Waals surface area contributed by atoms with Crippen LogP contribution in [-0.2, 0) is 7.05 Å². The third-order valence-electron chi connectivity index (χ3n) is 4.05. The minimum Gasteiger partial charge on any atom is -0.410 e. The van der Waals surface area contributed by atoms with Crippen LogP contribution in [0.3, 0.4) is 0 Å². The highest BCUT2D eigenvalue weighted by atomic mass is 16.6. The first-order chi connectivity index (χ1) is 12.7. The molecule has 8 nitrogen and oxygen atoms in total. The van der Waals surface area contributed by atoms with Gasteiger partial charge in [-0.15, -0.1) is 0 Å². The van der Waals surface area contributed by atoms with Gasteiger partial charge in [-0.05, 0) is 39.0 Å². The van der Waals surface area contributed by atoms with Gasteiger partial charge in [0.15, 0.2) is 0 Å². The van der Waals surface area contributed by atoms with E-state index in [2.05, 4.69) is 4.98 Å². The van der Waals surface area contributed by atoms with Crippen LogP contribution in [0.25, 0.3) is 11.0 Å². The molecule has 0 aliphatic heterocycles. The van der Waals surface area contributed by atoms with E-state index in [1.54, 1.807) is 41.9 Å². The Morgan fingerprint density at radius 1 is 1.19 bits per heavy atom. The Bertz CT molecular complexity index is 1010. The first-order valence-electron chi connectivity index (χ1n) is 8.36. The fourth-order valence-electron chi connectivity index (χ4n) is 2.78. The van der Waals surface area contributed by atoms with Crippen LogP contribution < -0.4 is 9.64 Å². The van der Waals surface area contributed by atoms with Crippen LogP contribution in [0.15, 0.2) is 48.5 Å². The van der Waals surface area contributed by atoms with Gasteiger partial charge in [-0.3, -0.25) is 10.1 Å². The molecular formula is C19H20N4O4. The molecule has 1 amide bonds. The molecule has 0 saturated carbocycles. The number of benzene rings is 2. The Labute approximate surface area is 156 Å². The zero-order chi connectivity index (χ0) is 19.8. The van der Waals surface area contributed by atoms with Crippen molar-refractivity contribution in [2.45, 2.75) is 26.3 Å². The molecule has 2 aromatic carbocycles. The summed E-state index contributed by atoms with van der Waals surface area (Å²) >= 11 is 0. The lowest BCUT2D eigenvalue weighted by Gasteiger charge is -2.33. The minimum absolute atomic E-state index is 0.0543. The highest BCUT2D eigenvalue weighted by Gasteiger charge is 2.33. The molecule has 0 atom stereocenters. The van der Waals surface area contributed by atoms with Gasteiger partial charge in [0, 0.05) is 24.7 Å². The maximum atomic E-state index is 12.9. The van der Waals surface area contributed by atoms with Crippen molar-refractivity contribution >= 4 is 28.8 Å². The number of amides is 1. The summed E-state index contributed by atoms with van der Waals surface area (Å²) in [5, 5.41) is 11.0. The van der Waals surface area contributed by atoms with Crippen molar-refractivity contribution in [3.8, 4) is 5.75 Å². The van der Waals surface area contributed by atoms with E-state index >= 15 is 0 Å². The van der Waals surface area contributed by atoms with Crippen LogP contribution in [0.4, 0.5) is 16.4 Å². The molecule has 1 aromatic heterocycles. The van der Waals surface area contributed by atoms with Crippen molar-refractivity contribution in [2.24, 2.45) is 7.05 Å². The average molecular weight is 368 g/mol. The predicted octanol–water partition coefficient (Wildman–Crippen LogP) is 4.29. The first kappa shape index (κ1) is 18.4. The van der Waals surface area contributed by atoms with Crippen molar-refractivity contribution in [1.82, 2.24) is 9.55 Å². The van der Waals surface area contributed by atoms with Gasteiger partial charge < -0.3 is 9.30 Å². The number of fused-ring (bicyclic) bond motifs is 1. The molecule has 0 radical (unpaired) electrons. The molecule has 8 heteroatoms. The van der Waals surface area contributed by atoms with Gasteiger partial charge in [-0.2, -0.15) is 0 Å². The number of non-ortho nitro benzene ring substituents is 1. The fraction of sp³-hybridized carbons (Fsp3) is 0.263. The Balaban J connectivity index is 2.06. The molecule has 140 valence electrons. The number of nitrogens with zero attached hydrogens (tertiary/aromatic N) is 4.